The van der Waals surface area contributed by atoms with Gasteiger partial charge in [0.05, 0.1) is 6.61 Å². The third-order valence-corrected chi connectivity index (χ3v) is 9.57. The average Bonchev–Trinajstić information content (AvgIpc) is 3.07. The quantitative estimate of drug-likeness (QED) is 0.322. The topological polar surface area (TPSA) is 88.1 Å². The number of carbonyl (C=O) groups is 3. The number of rotatable bonds is 6. The zero-order chi connectivity index (χ0) is 24.9. The predicted molar refractivity (Wildman–Crippen MR) is 125 cm³/mol. The van der Waals surface area contributed by atoms with Crippen LogP contribution >= 0.6 is 0 Å². The van der Waals surface area contributed by atoms with E-state index in [0.717, 1.165) is 44.1 Å². The van der Waals surface area contributed by atoms with Crippen molar-refractivity contribution in [3.63, 3.8) is 0 Å². The van der Waals surface area contributed by atoms with Crippen LogP contribution in [0.4, 0.5) is 0 Å². The van der Waals surface area contributed by atoms with Crippen LogP contribution in [0.5, 0.6) is 0 Å². The Morgan fingerprint density at radius 2 is 1.62 bits per heavy atom. The van der Waals surface area contributed by atoms with Gasteiger partial charge in [-0.3, -0.25) is 14.4 Å². The van der Waals surface area contributed by atoms with Crippen molar-refractivity contribution in [2.45, 2.75) is 85.4 Å². The van der Waals surface area contributed by atoms with Gasteiger partial charge in [-0.1, -0.05) is 20.8 Å². The van der Waals surface area contributed by atoms with E-state index >= 15 is 0 Å². The highest BCUT2D eigenvalue weighted by Gasteiger charge is 2.65. The molecule has 7 atom stereocenters. The summed E-state index contributed by atoms with van der Waals surface area (Å²) in [7, 11) is 1.61. The van der Waals surface area contributed by atoms with E-state index < -0.39 is 5.41 Å². The molecule has 34 heavy (non-hydrogen) atoms. The Labute approximate surface area is 202 Å². The Hall–Kier alpha value is -1.73. The maximum Gasteiger partial charge on any atom is 0.302 e. The van der Waals surface area contributed by atoms with Crippen molar-refractivity contribution in [3.8, 4) is 0 Å². The molecule has 0 amide bonds. The number of esters is 2. The third-order valence-electron chi connectivity index (χ3n) is 9.57. The average molecular weight is 477 g/mol. The lowest BCUT2D eigenvalue weighted by Gasteiger charge is -2.61. The van der Waals surface area contributed by atoms with E-state index in [1.54, 1.807) is 7.11 Å². The first-order valence-corrected chi connectivity index (χ1v) is 12.6. The molecule has 7 heteroatoms. The lowest BCUT2D eigenvalue weighted by atomic mass is 9.44. The van der Waals surface area contributed by atoms with Crippen LogP contribution in [0.3, 0.4) is 0 Å². The third kappa shape index (κ3) is 3.93. The Bertz CT molecular complexity index is 876. The molecule has 0 aliphatic heterocycles. The van der Waals surface area contributed by atoms with E-state index in [-0.39, 0.29) is 65.3 Å². The van der Waals surface area contributed by atoms with Crippen LogP contribution in [0, 0.1) is 34.0 Å². The van der Waals surface area contributed by atoms with Crippen molar-refractivity contribution < 1.29 is 33.3 Å². The molecule has 0 N–H and O–H groups in total. The summed E-state index contributed by atoms with van der Waals surface area (Å²) in [6.45, 7) is 9.97. The van der Waals surface area contributed by atoms with Crippen LogP contribution < -0.4 is 0 Å². The number of methoxy groups -OCH3 is 1. The van der Waals surface area contributed by atoms with E-state index in [9.17, 15) is 14.4 Å². The Morgan fingerprint density at radius 1 is 0.941 bits per heavy atom. The first-order chi connectivity index (χ1) is 16.0. The fourth-order valence-electron chi connectivity index (χ4n) is 8.13. The van der Waals surface area contributed by atoms with E-state index in [1.807, 2.05) is 6.08 Å². The summed E-state index contributed by atoms with van der Waals surface area (Å²) in [6.07, 6.45) is 6.47. The molecule has 190 valence electrons. The minimum absolute atomic E-state index is 0.115. The second kappa shape index (κ2) is 9.05. The molecule has 0 bridgehead atoms. The summed E-state index contributed by atoms with van der Waals surface area (Å²) in [5.41, 5.74) is 0.0841. The van der Waals surface area contributed by atoms with Crippen molar-refractivity contribution in [3.05, 3.63) is 11.6 Å². The van der Waals surface area contributed by atoms with Gasteiger partial charge in [-0.15, -0.1) is 0 Å². The molecule has 0 aromatic rings. The number of ketones is 1. The van der Waals surface area contributed by atoms with Crippen LogP contribution in [0.25, 0.3) is 0 Å². The van der Waals surface area contributed by atoms with Gasteiger partial charge in [0.15, 0.2) is 5.78 Å². The fraction of sp³-hybridized carbons (Fsp3) is 0.815. The van der Waals surface area contributed by atoms with Gasteiger partial charge in [-0.2, -0.15) is 0 Å². The molecule has 0 aromatic heterocycles. The highest BCUT2D eigenvalue weighted by molar-refractivity contribution is 5.95. The van der Waals surface area contributed by atoms with Gasteiger partial charge in [-0.25, -0.2) is 0 Å². The van der Waals surface area contributed by atoms with E-state index in [0.29, 0.717) is 6.61 Å². The van der Waals surface area contributed by atoms with Crippen LogP contribution in [0.2, 0.25) is 0 Å². The van der Waals surface area contributed by atoms with Gasteiger partial charge in [0, 0.05) is 43.1 Å². The molecule has 0 heterocycles. The van der Waals surface area contributed by atoms with Gasteiger partial charge in [-0.05, 0) is 62.0 Å². The molecule has 3 saturated carbocycles. The minimum atomic E-state index is -0.475. The highest BCUT2D eigenvalue weighted by atomic mass is 16.7. The first kappa shape index (κ1) is 25.4. The Kier molecular flexibility index (Phi) is 6.75. The number of ether oxygens (including phenoxy) is 4. The number of carbonyl (C=O) groups excluding carboxylic acids is 3. The molecule has 0 spiro atoms. The molecule has 4 aliphatic rings. The Morgan fingerprint density at radius 3 is 2.26 bits per heavy atom. The predicted octanol–water partition coefficient (Wildman–Crippen LogP) is 4.23. The highest BCUT2D eigenvalue weighted by Crippen LogP contribution is 2.67. The molecule has 4 aliphatic carbocycles. The van der Waals surface area contributed by atoms with Gasteiger partial charge >= 0.3 is 11.9 Å². The summed E-state index contributed by atoms with van der Waals surface area (Å²) in [4.78, 5) is 37.4. The standard InChI is InChI=1S/C27H40O7/c1-16(28)33-22-10-12-27(14-32-15-31-6)19-9-11-26(5)18(7-8-23(26)34-17(2)29)24(19)20(30)13-21(27)25(22,3)4/h13,18-19,22-24H,7-12,14-15H2,1-6H3. The zero-order valence-corrected chi connectivity index (χ0v) is 21.5. The van der Waals surface area contributed by atoms with Crippen molar-refractivity contribution in [2.75, 3.05) is 20.5 Å². The van der Waals surface area contributed by atoms with Crippen molar-refractivity contribution in [1.29, 1.82) is 0 Å². The largest absolute Gasteiger partial charge is 0.462 e. The van der Waals surface area contributed by atoms with E-state index in [1.165, 1.54) is 13.8 Å². The van der Waals surface area contributed by atoms with Gasteiger partial charge in [0.2, 0.25) is 0 Å². The van der Waals surface area contributed by atoms with Gasteiger partial charge < -0.3 is 18.9 Å². The maximum atomic E-state index is 13.8. The summed E-state index contributed by atoms with van der Waals surface area (Å²) >= 11 is 0. The van der Waals surface area contributed by atoms with Gasteiger partial charge in [0.25, 0.3) is 0 Å². The molecule has 7 nitrogen and oxygen atoms in total. The number of hydrogen-bond acceptors (Lipinski definition) is 7. The second-order valence-corrected chi connectivity index (χ2v) is 11.7. The molecule has 0 saturated heterocycles. The van der Waals surface area contributed by atoms with Crippen molar-refractivity contribution >= 4 is 17.7 Å². The molecule has 4 rings (SSSR count). The maximum absolute atomic E-state index is 13.8. The van der Waals surface area contributed by atoms with Crippen LogP contribution in [-0.4, -0.2) is 50.4 Å². The summed E-state index contributed by atoms with van der Waals surface area (Å²) < 4.78 is 22.7. The van der Waals surface area contributed by atoms with Crippen LogP contribution in [-0.2, 0) is 33.3 Å². The van der Waals surface area contributed by atoms with Crippen LogP contribution in [0.15, 0.2) is 11.6 Å². The van der Waals surface area contributed by atoms with E-state index in [4.69, 9.17) is 18.9 Å². The lowest BCUT2D eigenvalue weighted by Crippen LogP contribution is -2.60. The van der Waals surface area contributed by atoms with Crippen molar-refractivity contribution in [2.24, 2.45) is 34.0 Å². The fourth-order valence-corrected chi connectivity index (χ4v) is 8.13. The monoisotopic (exact) mass is 476 g/mol. The molecule has 7 unspecified atom stereocenters. The van der Waals surface area contributed by atoms with Crippen molar-refractivity contribution in [1.82, 2.24) is 0 Å². The van der Waals surface area contributed by atoms with Crippen LogP contribution in [0.1, 0.15) is 73.1 Å². The molecule has 0 radical (unpaired) electrons. The molecular weight excluding hydrogens is 436 g/mol. The molecular formula is C27H40O7. The molecule has 3 fully saturated rings. The zero-order valence-electron chi connectivity index (χ0n) is 21.5. The van der Waals surface area contributed by atoms with E-state index in [2.05, 4.69) is 20.8 Å². The smallest absolute Gasteiger partial charge is 0.302 e. The number of hydrogen-bond donors (Lipinski definition) is 0. The minimum Gasteiger partial charge on any atom is -0.462 e. The summed E-state index contributed by atoms with van der Waals surface area (Å²) in [5.74, 6) is -0.175. The normalized spacial score (nSPS) is 40.5. The number of allylic oxidation sites excluding steroid dienone is 1. The summed E-state index contributed by atoms with van der Waals surface area (Å²) in [6, 6.07) is 0. The number of fused-ring (bicyclic) bond motifs is 5. The van der Waals surface area contributed by atoms with Gasteiger partial charge in [0.1, 0.15) is 19.0 Å². The summed E-state index contributed by atoms with van der Waals surface area (Å²) in [5, 5.41) is 0. The molecule has 0 aromatic carbocycles. The SMILES string of the molecule is COCOCC12CCC(OC(C)=O)C(C)(C)C1=CC(=O)C1C2CCC2(C)C(OC(C)=O)CCC12. The first-order valence-electron chi connectivity index (χ1n) is 12.6. The Balaban J connectivity index is 1.74. The second-order valence-electron chi connectivity index (χ2n) is 11.7. The lowest BCUT2D eigenvalue weighted by molar-refractivity contribution is -0.169.